The lowest BCUT2D eigenvalue weighted by molar-refractivity contribution is -0.122. The summed E-state index contributed by atoms with van der Waals surface area (Å²) in [5, 5.41) is 10.8. The van der Waals surface area contributed by atoms with Crippen molar-refractivity contribution >= 4 is 55.6 Å². The van der Waals surface area contributed by atoms with Gasteiger partial charge in [-0.25, -0.2) is 18.1 Å². The number of imide groups is 2. The Bertz CT molecular complexity index is 1240. The minimum Gasteiger partial charge on any atom is -0.460 e. The van der Waals surface area contributed by atoms with Crippen molar-refractivity contribution < 1.29 is 27.2 Å². The molecular weight excluding hydrogens is 504 g/mol. The molecule has 0 aliphatic carbocycles. The van der Waals surface area contributed by atoms with Crippen LogP contribution >= 0.6 is 15.9 Å². The standard InChI is InChI=1S/C20H17BrN4O6S/c1-32(29,30)24(10-2-9-22)12-16-8-7-15(31-16)11-17-18(26)23-20(28)25(19(17)27)14-5-3-13(21)4-6-14/h3-8,11H,2,10,12H2,1H3,(H,23,26,28). The number of hydrogen-bond acceptors (Lipinski definition) is 7. The molecule has 0 radical (unpaired) electrons. The Labute approximate surface area is 192 Å². The maximum Gasteiger partial charge on any atom is 0.335 e. The Hall–Kier alpha value is -3.27. The second-order valence-corrected chi connectivity index (χ2v) is 9.64. The SMILES string of the molecule is CS(=O)(=O)N(CCC#N)Cc1ccc(C=C2C(=O)NC(=O)N(c3ccc(Br)cc3)C2=O)o1. The van der Waals surface area contributed by atoms with Crippen LogP contribution < -0.4 is 10.2 Å². The molecule has 1 aromatic carbocycles. The summed E-state index contributed by atoms with van der Waals surface area (Å²) < 4.78 is 31.2. The van der Waals surface area contributed by atoms with Crippen molar-refractivity contribution in [1.29, 1.82) is 5.26 Å². The first-order valence-electron chi connectivity index (χ1n) is 9.18. The third kappa shape index (κ3) is 5.31. The molecule has 0 unspecified atom stereocenters. The zero-order valence-electron chi connectivity index (χ0n) is 16.7. The fourth-order valence-electron chi connectivity index (χ4n) is 2.89. The van der Waals surface area contributed by atoms with E-state index >= 15 is 0 Å². The monoisotopic (exact) mass is 520 g/mol. The molecule has 166 valence electrons. The summed E-state index contributed by atoms with van der Waals surface area (Å²) in [5.74, 6) is -1.33. The number of nitrogens with one attached hydrogen (secondary N) is 1. The van der Waals surface area contributed by atoms with E-state index in [1.807, 2.05) is 6.07 Å². The molecular formula is C20H17BrN4O6S. The van der Waals surface area contributed by atoms with E-state index in [0.717, 1.165) is 19.9 Å². The van der Waals surface area contributed by atoms with Gasteiger partial charge in [-0.1, -0.05) is 15.9 Å². The molecule has 4 amide bonds. The minimum atomic E-state index is -3.58. The Balaban J connectivity index is 1.86. The molecule has 1 aromatic heterocycles. The number of urea groups is 1. The minimum absolute atomic E-state index is 0.00237. The number of rotatable bonds is 7. The first kappa shape index (κ1) is 23.4. The average Bonchev–Trinajstić information content (AvgIpc) is 3.16. The molecule has 0 bridgehead atoms. The maximum absolute atomic E-state index is 12.9. The van der Waals surface area contributed by atoms with E-state index in [9.17, 15) is 22.8 Å². The first-order valence-corrected chi connectivity index (χ1v) is 11.8. The predicted octanol–water partition coefficient (Wildman–Crippen LogP) is 2.38. The van der Waals surface area contributed by atoms with Crippen molar-refractivity contribution in [2.45, 2.75) is 13.0 Å². The first-order chi connectivity index (χ1) is 15.1. The number of carbonyl (C=O) groups excluding carboxylic acids is 3. The van der Waals surface area contributed by atoms with Crippen LogP contribution in [0.1, 0.15) is 17.9 Å². The normalized spacial score (nSPS) is 15.9. The molecule has 2 aromatic rings. The zero-order chi connectivity index (χ0) is 23.5. The smallest absolute Gasteiger partial charge is 0.335 e. The lowest BCUT2D eigenvalue weighted by atomic mass is 10.1. The van der Waals surface area contributed by atoms with E-state index in [1.165, 1.54) is 18.2 Å². The number of furan rings is 1. The Morgan fingerprint density at radius 1 is 1.19 bits per heavy atom. The molecule has 1 aliphatic rings. The van der Waals surface area contributed by atoms with Crippen LogP contribution in [0.5, 0.6) is 0 Å². The number of carbonyl (C=O) groups is 3. The van der Waals surface area contributed by atoms with Gasteiger partial charge in [0.1, 0.15) is 17.1 Å². The van der Waals surface area contributed by atoms with Crippen LogP contribution in [0.15, 0.2) is 50.9 Å². The molecule has 32 heavy (non-hydrogen) atoms. The van der Waals surface area contributed by atoms with E-state index < -0.39 is 27.9 Å². The summed E-state index contributed by atoms with van der Waals surface area (Å²) in [6.45, 7) is -0.120. The largest absolute Gasteiger partial charge is 0.460 e. The summed E-state index contributed by atoms with van der Waals surface area (Å²) in [6.07, 6.45) is 2.22. The van der Waals surface area contributed by atoms with Crippen LogP contribution in [0.25, 0.3) is 6.08 Å². The zero-order valence-corrected chi connectivity index (χ0v) is 19.1. The highest BCUT2D eigenvalue weighted by atomic mass is 79.9. The molecule has 1 saturated heterocycles. The van der Waals surface area contributed by atoms with E-state index in [1.54, 1.807) is 24.3 Å². The van der Waals surface area contributed by atoms with Crippen LogP contribution in [0.4, 0.5) is 10.5 Å². The summed E-state index contributed by atoms with van der Waals surface area (Å²) in [7, 11) is -3.58. The third-order valence-electron chi connectivity index (χ3n) is 4.43. The lowest BCUT2D eigenvalue weighted by Gasteiger charge is -2.26. The fourth-order valence-corrected chi connectivity index (χ4v) is 3.94. The Kier molecular flexibility index (Phi) is 6.93. The number of nitriles is 1. The van der Waals surface area contributed by atoms with Crippen LogP contribution in [0.3, 0.4) is 0 Å². The van der Waals surface area contributed by atoms with Gasteiger partial charge in [0.05, 0.1) is 24.6 Å². The number of amides is 4. The molecule has 1 aliphatic heterocycles. The molecule has 1 fully saturated rings. The Morgan fingerprint density at radius 3 is 2.50 bits per heavy atom. The quantitative estimate of drug-likeness (QED) is 0.436. The highest BCUT2D eigenvalue weighted by Crippen LogP contribution is 2.24. The summed E-state index contributed by atoms with van der Waals surface area (Å²) in [4.78, 5) is 38.2. The van der Waals surface area contributed by atoms with E-state index in [-0.39, 0.29) is 42.3 Å². The molecule has 0 atom stereocenters. The fraction of sp³-hybridized carbons (Fsp3) is 0.200. The van der Waals surface area contributed by atoms with Gasteiger partial charge in [-0.05, 0) is 42.5 Å². The number of benzene rings is 1. The number of anilines is 1. The number of hydrogen-bond donors (Lipinski definition) is 1. The van der Waals surface area contributed by atoms with Crippen LogP contribution in [-0.2, 0) is 26.2 Å². The van der Waals surface area contributed by atoms with Gasteiger partial charge in [-0.3, -0.25) is 14.9 Å². The molecule has 1 N–H and O–H groups in total. The van der Waals surface area contributed by atoms with E-state index in [0.29, 0.717) is 0 Å². The van der Waals surface area contributed by atoms with Gasteiger partial charge in [0.2, 0.25) is 10.0 Å². The van der Waals surface area contributed by atoms with Crippen molar-refractivity contribution in [3.63, 3.8) is 0 Å². The maximum atomic E-state index is 12.9. The van der Waals surface area contributed by atoms with Gasteiger partial charge < -0.3 is 4.42 Å². The van der Waals surface area contributed by atoms with Gasteiger partial charge >= 0.3 is 6.03 Å². The molecule has 2 heterocycles. The highest BCUT2D eigenvalue weighted by Gasteiger charge is 2.37. The van der Waals surface area contributed by atoms with E-state index in [2.05, 4.69) is 21.2 Å². The van der Waals surface area contributed by atoms with Gasteiger partial charge in [-0.15, -0.1) is 0 Å². The van der Waals surface area contributed by atoms with Gasteiger partial charge in [0, 0.05) is 17.4 Å². The van der Waals surface area contributed by atoms with E-state index in [4.69, 9.17) is 9.68 Å². The van der Waals surface area contributed by atoms with Crippen molar-refractivity contribution in [2.24, 2.45) is 0 Å². The van der Waals surface area contributed by atoms with Crippen LogP contribution in [0, 0.1) is 11.3 Å². The topological polar surface area (TPSA) is 141 Å². The number of nitrogens with zero attached hydrogens (tertiary/aromatic N) is 3. The molecule has 3 rings (SSSR count). The van der Waals surface area contributed by atoms with Crippen molar-refractivity contribution in [1.82, 2.24) is 9.62 Å². The second-order valence-electron chi connectivity index (χ2n) is 6.74. The highest BCUT2D eigenvalue weighted by molar-refractivity contribution is 9.10. The second kappa shape index (κ2) is 9.47. The van der Waals surface area contributed by atoms with Gasteiger partial charge in [-0.2, -0.15) is 9.57 Å². The molecule has 12 heteroatoms. The molecule has 0 spiro atoms. The van der Waals surface area contributed by atoms with Crippen molar-refractivity contribution in [3.05, 3.63) is 58.0 Å². The summed E-state index contributed by atoms with van der Waals surface area (Å²) in [5.41, 5.74) is -0.0478. The van der Waals surface area contributed by atoms with Crippen molar-refractivity contribution in [2.75, 3.05) is 17.7 Å². The summed E-state index contributed by atoms with van der Waals surface area (Å²) in [6, 6.07) is 10.4. The number of barbiturate groups is 1. The van der Waals surface area contributed by atoms with Gasteiger partial charge in [0.15, 0.2) is 0 Å². The predicted molar refractivity (Wildman–Crippen MR) is 117 cm³/mol. The van der Waals surface area contributed by atoms with Crippen LogP contribution in [-0.4, -0.2) is 43.4 Å². The summed E-state index contributed by atoms with van der Waals surface area (Å²) >= 11 is 3.27. The van der Waals surface area contributed by atoms with Crippen LogP contribution in [0.2, 0.25) is 0 Å². The third-order valence-corrected chi connectivity index (χ3v) is 6.21. The van der Waals surface area contributed by atoms with Crippen molar-refractivity contribution in [3.8, 4) is 6.07 Å². The average molecular weight is 521 g/mol. The van der Waals surface area contributed by atoms with Gasteiger partial charge in [0.25, 0.3) is 11.8 Å². The Morgan fingerprint density at radius 2 is 1.88 bits per heavy atom. The molecule has 0 saturated carbocycles. The number of halogens is 1. The number of sulfonamides is 1. The molecule has 10 nitrogen and oxygen atoms in total. The lowest BCUT2D eigenvalue weighted by Crippen LogP contribution is -2.54.